The van der Waals surface area contributed by atoms with Crippen LogP contribution in [0.5, 0.6) is 0 Å². The number of nitro groups is 1. The first-order chi connectivity index (χ1) is 11.1. The Labute approximate surface area is 135 Å². The number of nitrogens with one attached hydrogen (secondary N) is 1. The minimum atomic E-state index is -0.469. The van der Waals surface area contributed by atoms with Crippen molar-refractivity contribution in [3.8, 4) is 0 Å². The summed E-state index contributed by atoms with van der Waals surface area (Å²) >= 11 is 0. The van der Waals surface area contributed by atoms with Gasteiger partial charge >= 0.3 is 5.97 Å². The van der Waals surface area contributed by atoms with Crippen molar-refractivity contribution in [1.82, 2.24) is 0 Å². The molecule has 0 aliphatic carbocycles. The monoisotopic (exact) mass is 322 g/mol. The first-order valence-corrected chi connectivity index (χ1v) is 7.69. The van der Waals surface area contributed by atoms with Gasteiger partial charge in [0.25, 0.3) is 5.69 Å². The van der Waals surface area contributed by atoms with Crippen LogP contribution in [0.1, 0.15) is 38.2 Å². The fraction of sp³-hybridized carbons (Fsp3) is 0.500. The van der Waals surface area contributed by atoms with E-state index in [4.69, 9.17) is 4.74 Å². The molecule has 0 spiro atoms. The summed E-state index contributed by atoms with van der Waals surface area (Å²) in [6.45, 7) is 2.59. The zero-order chi connectivity index (χ0) is 17.1. The quantitative estimate of drug-likeness (QED) is 0.221. The highest BCUT2D eigenvalue weighted by atomic mass is 16.6. The molecule has 126 valence electrons. The lowest BCUT2D eigenvalue weighted by molar-refractivity contribution is -0.384. The Balaban J connectivity index is 2.63. The zero-order valence-electron chi connectivity index (χ0n) is 13.2. The molecule has 0 fully saturated rings. The SMILES string of the molecule is CCOC(=O)Cc1ccc(NCCCCCC=O)c([N+](=O)[O-])c1. The Morgan fingerprint density at radius 2 is 2.13 bits per heavy atom. The van der Waals surface area contributed by atoms with Crippen molar-refractivity contribution < 1.29 is 19.2 Å². The Hall–Kier alpha value is -2.44. The number of carbonyl (C=O) groups excluding carboxylic acids is 2. The molecule has 1 aromatic carbocycles. The van der Waals surface area contributed by atoms with E-state index in [-0.39, 0.29) is 18.7 Å². The lowest BCUT2D eigenvalue weighted by Gasteiger charge is -2.08. The van der Waals surface area contributed by atoms with Crippen molar-refractivity contribution in [2.45, 2.75) is 39.0 Å². The van der Waals surface area contributed by atoms with Gasteiger partial charge in [-0.3, -0.25) is 14.9 Å². The Morgan fingerprint density at radius 1 is 1.35 bits per heavy atom. The fourth-order valence-corrected chi connectivity index (χ4v) is 2.12. The average Bonchev–Trinajstić information content (AvgIpc) is 2.51. The summed E-state index contributed by atoms with van der Waals surface area (Å²) in [7, 11) is 0. The maximum atomic E-state index is 11.4. The molecule has 1 aromatic rings. The molecule has 23 heavy (non-hydrogen) atoms. The number of aldehydes is 1. The van der Waals surface area contributed by atoms with Gasteiger partial charge in [-0.2, -0.15) is 0 Å². The number of benzene rings is 1. The highest BCUT2D eigenvalue weighted by Crippen LogP contribution is 2.26. The van der Waals surface area contributed by atoms with Gasteiger partial charge < -0.3 is 14.8 Å². The van der Waals surface area contributed by atoms with Gasteiger partial charge in [-0.15, -0.1) is 0 Å². The maximum Gasteiger partial charge on any atom is 0.310 e. The third-order valence-corrected chi connectivity index (χ3v) is 3.23. The van der Waals surface area contributed by atoms with E-state index in [9.17, 15) is 19.7 Å². The molecule has 7 heteroatoms. The predicted molar refractivity (Wildman–Crippen MR) is 86.5 cm³/mol. The van der Waals surface area contributed by atoms with Crippen LogP contribution in [0, 0.1) is 10.1 Å². The van der Waals surface area contributed by atoms with Gasteiger partial charge in [-0.25, -0.2) is 0 Å². The lowest BCUT2D eigenvalue weighted by atomic mass is 10.1. The molecule has 1 rings (SSSR count). The summed E-state index contributed by atoms with van der Waals surface area (Å²) < 4.78 is 4.84. The molecule has 0 aromatic heterocycles. The minimum absolute atomic E-state index is 0.0145. The molecule has 0 aliphatic rings. The van der Waals surface area contributed by atoms with E-state index in [0.717, 1.165) is 25.5 Å². The van der Waals surface area contributed by atoms with Crippen LogP contribution in [0.25, 0.3) is 0 Å². The summed E-state index contributed by atoms with van der Waals surface area (Å²) in [4.78, 5) is 32.3. The van der Waals surface area contributed by atoms with Gasteiger partial charge in [0.15, 0.2) is 0 Å². The number of hydrogen-bond donors (Lipinski definition) is 1. The van der Waals surface area contributed by atoms with Crippen LogP contribution >= 0.6 is 0 Å². The fourth-order valence-electron chi connectivity index (χ4n) is 2.12. The van der Waals surface area contributed by atoms with Crippen molar-refractivity contribution in [2.24, 2.45) is 0 Å². The highest BCUT2D eigenvalue weighted by molar-refractivity contribution is 5.74. The summed E-state index contributed by atoms with van der Waals surface area (Å²) in [6, 6.07) is 4.68. The molecule has 1 N–H and O–H groups in total. The van der Waals surface area contributed by atoms with Crippen molar-refractivity contribution in [3.05, 3.63) is 33.9 Å². The molecule has 0 atom stereocenters. The van der Waals surface area contributed by atoms with Gasteiger partial charge in [0.1, 0.15) is 12.0 Å². The summed E-state index contributed by atoms with van der Waals surface area (Å²) in [5, 5.41) is 14.2. The Kier molecular flexibility index (Phi) is 8.34. The Morgan fingerprint density at radius 3 is 2.78 bits per heavy atom. The second kappa shape index (κ2) is 10.3. The number of esters is 1. The average molecular weight is 322 g/mol. The number of unbranched alkanes of at least 4 members (excludes halogenated alkanes) is 3. The first-order valence-electron chi connectivity index (χ1n) is 7.69. The van der Waals surface area contributed by atoms with E-state index < -0.39 is 10.9 Å². The molecule has 0 saturated carbocycles. The van der Waals surface area contributed by atoms with E-state index >= 15 is 0 Å². The number of rotatable bonds is 11. The van der Waals surface area contributed by atoms with Crippen molar-refractivity contribution in [1.29, 1.82) is 0 Å². The molecule has 7 nitrogen and oxygen atoms in total. The molecule has 0 bridgehead atoms. The first kappa shape index (κ1) is 18.6. The lowest BCUT2D eigenvalue weighted by Crippen LogP contribution is -2.09. The molecular formula is C16H22N2O5. The van der Waals surface area contributed by atoms with Gasteiger partial charge in [0.05, 0.1) is 18.0 Å². The number of ether oxygens (including phenoxy) is 1. The van der Waals surface area contributed by atoms with E-state index in [1.165, 1.54) is 6.07 Å². The molecule has 0 radical (unpaired) electrons. The van der Waals surface area contributed by atoms with Crippen LogP contribution in [0.4, 0.5) is 11.4 Å². The zero-order valence-corrected chi connectivity index (χ0v) is 13.2. The van der Waals surface area contributed by atoms with E-state index in [1.807, 2.05) is 0 Å². The van der Waals surface area contributed by atoms with Gasteiger partial charge in [0, 0.05) is 19.0 Å². The summed E-state index contributed by atoms with van der Waals surface area (Å²) in [5.74, 6) is -0.405. The number of nitro benzene ring substituents is 1. The van der Waals surface area contributed by atoms with Crippen molar-refractivity contribution >= 4 is 23.6 Å². The predicted octanol–water partition coefficient (Wildman–Crippen LogP) is 2.87. The van der Waals surface area contributed by atoms with Crippen LogP contribution in [0.15, 0.2) is 18.2 Å². The van der Waals surface area contributed by atoms with Crippen LogP contribution < -0.4 is 5.32 Å². The molecule has 0 amide bonds. The number of carbonyl (C=O) groups is 2. The second-order valence-corrected chi connectivity index (χ2v) is 5.03. The summed E-state index contributed by atoms with van der Waals surface area (Å²) in [5.41, 5.74) is 0.921. The van der Waals surface area contributed by atoms with Gasteiger partial charge in [-0.05, 0) is 31.4 Å². The van der Waals surface area contributed by atoms with Crippen LogP contribution in [-0.4, -0.2) is 30.3 Å². The van der Waals surface area contributed by atoms with Gasteiger partial charge in [0.2, 0.25) is 0 Å². The third kappa shape index (κ3) is 6.90. The molecular weight excluding hydrogens is 300 g/mol. The molecule has 0 heterocycles. The van der Waals surface area contributed by atoms with Crippen LogP contribution in [0.3, 0.4) is 0 Å². The largest absolute Gasteiger partial charge is 0.466 e. The van der Waals surface area contributed by atoms with E-state index in [1.54, 1.807) is 19.1 Å². The standard InChI is InChI=1S/C16H22N2O5/c1-2-23-16(20)12-13-7-8-14(15(11-13)18(21)22)17-9-5-3-4-6-10-19/h7-8,10-11,17H,2-6,9,12H2,1H3. The topological polar surface area (TPSA) is 98.5 Å². The van der Waals surface area contributed by atoms with E-state index in [2.05, 4.69) is 5.32 Å². The normalized spacial score (nSPS) is 10.1. The Bertz CT molecular complexity index is 545. The number of nitrogens with zero attached hydrogens (tertiary/aromatic N) is 1. The summed E-state index contributed by atoms with van der Waals surface area (Å²) in [6.07, 6.45) is 3.99. The minimum Gasteiger partial charge on any atom is -0.466 e. The molecule has 0 aliphatic heterocycles. The third-order valence-electron chi connectivity index (χ3n) is 3.23. The van der Waals surface area contributed by atoms with E-state index in [0.29, 0.717) is 24.2 Å². The van der Waals surface area contributed by atoms with Crippen molar-refractivity contribution in [3.63, 3.8) is 0 Å². The second-order valence-electron chi connectivity index (χ2n) is 5.03. The van der Waals surface area contributed by atoms with Crippen LogP contribution in [0.2, 0.25) is 0 Å². The molecule has 0 unspecified atom stereocenters. The smallest absolute Gasteiger partial charge is 0.310 e. The molecule has 0 saturated heterocycles. The number of anilines is 1. The van der Waals surface area contributed by atoms with Gasteiger partial charge in [-0.1, -0.05) is 12.5 Å². The van der Waals surface area contributed by atoms with Crippen molar-refractivity contribution in [2.75, 3.05) is 18.5 Å². The highest BCUT2D eigenvalue weighted by Gasteiger charge is 2.15. The number of hydrogen-bond acceptors (Lipinski definition) is 6. The maximum absolute atomic E-state index is 11.4. The van der Waals surface area contributed by atoms with Crippen LogP contribution in [-0.2, 0) is 20.7 Å².